The van der Waals surface area contributed by atoms with Crippen molar-refractivity contribution in [3.8, 4) is 11.4 Å². The van der Waals surface area contributed by atoms with Crippen LogP contribution in [0.4, 0.5) is 18.9 Å². The van der Waals surface area contributed by atoms with Crippen LogP contribution in [0.3, 0.4) is 0 Å². The Bertz CT molecular complexity index is 1300. The zero-order chi connectivity index (χ0) is 21.3. The van der Waals surface area contributed by atoms with Crippen molar-refractivity contribution in [2.75, 3.05) is 5.32 Å². The Labute approximate surface area is 166 Å². The summed E-state index contributed by atoms with van der Waals surface area (Å²) in [6.07, 6.45) is -0.636. The molecule has 0 saturated heterocycles. The van der Waals surface area contributed by atoms with Gasteiger partial charge in [0.15, 0.2) is 0 Å². The lowest BCUT2D eigenvalue weighted by atomic mass is 10.1. The van der Waals surface area contributed by atoms with Gasteiger partial charge in [-0.1, -0.05) is 24.3 Å². The number of hydrogen-bond donors (Lipinski definition) is 2. The van der Waals surface area contributed by atoms with E-state index in [9.17, 15) is 22.8 Å². The van der Waals surface area contributed by atoms with Gasteiger partial charge in [0.2, 0.25) is 0 Å². The predicted molar refractivity (Wildman–Crippen MR) is 103 cm³/mol. The number of anilines is 1. The van der Waals surface area contributed by atoms with Gasteiger partial charge in [-0.3, -0.25) is 14.6 Å². The van der Waals surface area contributed by atoms with E-state index in [1.807, 2.05) is 0 Å². The van der Waals surface area contributed by atoms with Crippen molar-refractivity contribution in [2.24, 2.45) is 0 Å². The maximum atomic E-state index is 13.4. The highest BCUT2D eigenvalue weighted by atomic mass is 19.4. The molecule has 4 aromatic rings. The molecule has 2 aromatic carbocycles. The van der Waals surface area contributed by atoms with Gasteiger partial charge in [0.25, 0.3) is 11.5 Å². The van der Waals surface area contributed by atoms with Crippen molar-refractivity contribution < 1.29 is 18.0 Å². The molecular formula is C20H12F3N5O2. The number of aromatic nitrogens is 4. The molecule has 0 aliphatic heterocycles. The molecular weight excluding hydrogens is 399 g/mol. The van der Waals surface area contributed by atoms with Gasteiger partial charge in [-0.25, -0.2) is 9.97 Å². The molecule has 150 valence electrons. The van der Waals surface area contributed by atoms with E-state index in [1.54, 1.807) is 0 Å². The third kappa shape index (κ3) is 3.62. The van der Waals surface area contributed by atoms with Crippen molar-refractivity contribution in [1.82, 2.24) is 19.9 Å². The number of alkyl halides is 3. The second-order valence-corrected chi connectivity index (χ2v) is 6.20. The molecule has 2 heterocycles. The summed E-state index contributed by atoms with van der Waals surface area (Å²) in [5, 5.41) is 2.68. The Kier molecular flexibility index (Phi) is 4.74. The van der Waals surface area contributed by atoms with Gasteiger partial charge < -0.3 is 10.3 Å². The Balaban J connectivity index is 1.86. The highest BCUT2D eigenvalue weighted by Gasteiger charge is 2.34. The molecule has 0 saturated carbocycles. The molecule has 0 unspecified atom stereocenters. The molecule has 2 aromatic heterocycles. The highest BCUT2D eigenvalue weighted by Crippen LogP contribution is 2.36. The van der Waals surface area contributed by atoms with Crippen molar-refractivity contribution in [3.63, 3.8) is 0 Å². The van der Waals surface area contributed by atoms with Crippen LogP contribution in [0.5, 0.6) is 0 Å². The van der Waals surface area contributed by atoms with Gasteiger partial charge in [-0.15, -0.1) is 0 Å². The molecule has 0 bridgehead atoms. The number of nitrogens with zero attached hydrogens (tertiary/aromatic N) is 3. The summed E-state index contributed by atoms with van der Waals surface area (Å²) < 4.78 is 40.2. The van der Waals surface area contributed by atoms with Crippen molar-refractivity contribution >= 4 is 22.5 Å². The summed E-state index contributed by atoms with van der Waals surface area (Å²) in [5.41, 5.74) is -1.62. The van der Waals surface area contributed by atoms with E-state index in [4.69, 9.17) is 0 Å². The largest absolute Gasteiger partial charge is 0.417 e. The number of benzene rings is 2. The number of amides is 1. The van der Waals surface area contributed by atoms with Gasteiger partial charge in [0, 0.05) is 18.0 Å². The summed E-state index contributed by atoms with van der Waals surface area (Å²) in [7, 11) is 0. The summed E-state index contributed by atoms with van der Waals surface area (Å²) in [6, 6.07) is 9.25. The maximum absolute atomic E-state index is 13.4. The number of para-hydroxylation sites is 1. The van der Waals surface area contributed by atoms with E-state index in [2.05, 4.69) is 25.3 Å². The lowest BCUT2D eigenvalue weighted by molar-refractivity contribution is -0.137. The number of fused-ring (bicyclic) bond motifs is 1. The summed E-state index contributed by atoms with van der Waals surface area (Å²) in [4.78, 5) is 39.2. The fraction of sp³-hybridized carbons (Fsp3) is 0.0500. The van der Waals surface area contributed by atoms with Crippen LogP contribution in [0, 0.1) is 0 Å². The minimum absolute atomic E-state index is 0.0296. The Morgan fingerprint density at radius 1 is 1.03 bits per heavy atom. The molecule has 0 atom stereocenters. The molecule has 0 aliphatic carbocycles. The van der Waals surface area contributed by atoms with Crippen LogP contribution >= 0.6 is 0 Å². The quantitative estimate of drug-likeness (QED) is 0.536. The third-order valence-corrected chi connectivity index (χ3v) is 4.27. The first-order valence-corrected chi connectivity index (χ1v) is 8.61. The second-order valence-electron chi connectivity index (χ2n) is 6.20. The first-order chi connectivity index (χ1) is 14.3. The minimum Gasteiger partial charge on any atom is -0.319 e. The molecule has 10 heteroatoms. The number of carbonyl (C=O) groups excluding carboxylic acids is 1. The molecule has 1 amide bonds. The fourth-order valence-corrected chi connectivity index (χ4v) is 2.93. The third-order valence-electron chi connectivity index (χ3n) is 4.27. The van der Waals surface area contributed by atoms with E-state index in [0.717, 1.165) is 6.07 Å². The smallest absolute Gasteiger partial charge is 0.319 e. The van der Waals surface area contributed by atoms with Crippen LogP contribution in [0.1, 0.15) is 16.1 Å². The lowest BCUT2D eigenvalue weighted by Crippen LogP contribution is -2.17. The van der Waals surface area contributed by atoms with Gasteiger partial charge in [-0.2, -0.15) is 13.2 Å². The number of H-pyrrole nitrogens is 1. The molecule has 0 aliphatic rings. The van der Waals surface area contributed by atoms with Crippen LogP contribution in [0.2, 0.25) is 0 Å². The zero-order valence-corrected chi connectivity index (χ0v) is 15.1. The first-order valence-electron chi connectivity index (χ1n) is 8.61. The SMILES string of the molecule is O=C(Nc1cccc2c(=O)[nH]c(-c3ccccc3C(F)(F)F)nc12)c1cnccn1. The minimum atomic E-state index is -4.64. The first kappa shape index (κ1) is 19.2. The van der Waals surface area contributed by atoms with E-state index in [0.29, 0.717) is 0 Å². The van der Waals surface area contributed by atoms with Gasteiger partial charge in [0.05, 0.1) is 22.8 Å². The van der Waals surface area contributed by atoms with E-state index in [1.165, 1.54) is 55.0 Å². The topological polar surface area (TPSA) is 101 Å². The second kappa shape index (κ2) is 7.39. The van der Waals surface area contributed by atoms with E-state index in [-0.39, 0.29) is 33.7 Å². The number of nitrogens with one attached hydrogen (secondary N) is 2. The molecule has 7 nitrogen and oxygen atoms in total. The van der Waals surface area contributed by atoms with Crippen LogP contribution in [-0.2, 0) is 6.18 Å². The average molecular weight is 411 g/mol. The molecule has 2 N–H and O–H groups in total. The summed E-state index contributed by atoms with van der Waals surface area (Å²) in [5.74, 6) is -0.864. The number of rotatable bonds is 3. The predicted octanol–water partition coefficient (Wildman–Crippen LogP) is 3.65. The molecule has 0 radical (unpaired) electrons. The molecule has 0 fully saturated rings. The van der Waals surface area contributed by atoms with E-state index >= 15 is 0 Å². The summed E-state index contributed by atoms with van der Waals surface area (Å²) in [6.45, 7) is 0. The highest BCUT2D eigenvalue weighted by molar-refractivity contribution is 6.07. The van der Waals surface area contributed by atoms with Gasteiger partial charge >= 0.3 is 6.18 Å². The lowest BCUT2D eigenvalue weighted by Gasteiger charge is -2.13. The molecule has 4 rings (SSSR count). The average Bonchev–Trinajstić information content (AvgIpc) is 2.74. The fourth-order valence-electron chi connectivity index (χ4n) is 2.93. The number of hydrogen-bond acceptors (Lipinski definition) is 5. The van der Waals surface area contributed by atoms with Crippen LogP contribution < -0.4 is 10.9 Å². The van der Waals surface area contributed by atoms with Crippen LogP contribution in [0.25, 0.3) is 22.3 Å². The Hall–Kier alpha value is -4.08. The van der Waals surface area contributed by atoms with Crippen molar-refractivity contribution in [1.29, 1.82) is 0 Å². The summed E-state index contributed by atoms with van der Waals surface area (Å²) >= 11 is 0. The normalized spacial score (nSPS) is 11.4. The molecule has 30 heavy (non-hydrogen) atoms. The maximum Gasteiger partial charge on any atom is 0.417 e. The Morgan fingerprint density at radius 3 is 2.57 bits per heavy atom. The standard InChI is InChI=1S/C20H12F3N5O2/c21-20(22,23)13-6-2-1-4-11(13)17-27-16-12(18(29)28-17)5-3-7-14(16)26-19(30)15-10-24-8-9-25-15/h1-10H,(H,26,30)(H,27,28,29). The number of halogens is 3. The van der Waals surface area contributed by atoms with Crippen LogP contribution in [-0.4, -0.2) is 25.8 Å². The van der Waals surface area contributed by atoms with Gasteiger partial charge in [0.1, 0.15) is 17.0 Å². The number of carbonyl (C=O) groups is 1. The van der Waals surface area contributed by atoms with E-state index < -0.39 is 23.2 Å². The van der Waals surface area contributed by atoms with Crippen molar-refractivity contribution in [2.45, 2.75) is 6.18 Å². The van der Waals surface area contributed by atoms with Gasteiger partial charge in [-0.05, 0) is 18.2 Å². The monoisotopic (exact) mass is 411 g/mol. The molecule has 0 spiro atoms. The van der Waals surface area contributed by atoms with Crippen LogP contribution in [0.15, 0.2) is 65.8 Å². The Morgan fingerprint density at radius 2 is 1.83 bits per heavy atom. The van der Waals surface area contributed by atoms with Crippen molar-refractivity contribution in [3.05, 3.63) is 82.7 Å². The number of aromatic amines is 1. The zero-order valence-electron chi connectivity index (χ0n) is 15.1.